The molecule has 0 spiro atoms. The molecule has 1 aromatic heterocycles. The van der Waals surface area contributed by atoms with Gasteiger partial charge in [0.05, 0.1) is 17.9 Å². The number of hydrogen-bond acceptors (Lipinski definition) is 2. The molecule has 2 aromatic rings. The van der Waals surface area contributed by atoms with Crippen LogP contribution in [0.15, 0.2) is 30.5 Å². The number of aromatic nitrogens is 2. The quantitative estimate of drug-likeness (QED) is 0.880. The van der Waals surface area contributed by atoms with Crippen molar-refractivity contribution in [3.8, 4) is 0 Å². The van der Waals surface area contributed by atoms with Gasteiger partial charge in [0.25, 0.3) is 0 Å². The second kappa shape index (κ2) is 4.48. The fourth-order valence-electron chi connectivity index (χ4n) is 2.10. The van der Waals surface area contributed by atoms with Crippen LogP contribution in [0, 0.1) is 6.92 Å². The maximum Gasteiger partial charge on any atom is 0.0907 e. The van der Waals surface area contributed by atoms with Crippen LogP contribution >= 0.6 is 0 Å². The van der Waals surface area contributed by atoms with Crippen molar-refractivity contribution in [1.29, 1.82) is 0 Å². The third-order valence-corrected chi connectivity index (χ3v) is 2.93. The van der Waals surface area contributed by atoms with Crippen LogP contribution in [0.5, 0.6) is 0 Å². The van der Waals surface area contributed by atoms with Gasteiger partial charge in [-0.3, -0.25) is 4.68 Å². The van der Waals surface area contributed by atoms with E-state index in [2.05, 4.69) is 57.1 Å². The van der Waals surface area contributed by atoms with Crippen molar-refractivity contribution in [3.05, 3.63) is 47.3 Å². The molecule has 2 rings (SSSR count). The zero-order valence-corrected chi connectivity index (χ0v) is 11.6. The third kappa shape index (κ3) is 2.73. The Bertz CT molecular complexity index is 547. The maximum atomic E-state index is 6.03. The summed E-state index contributed by atoms with van der Waals surface area (Å²) in [5.41, 5.74) is 10.3. The molecule has 0 saturated carbocycles. The average Bonchev–Trinajstić information content (AvgIpc) is 2.59. The molecule has 3 heteroatoms. The Morgan fingerprint density at radius 2 is 2.00 bits per heavy atom. The van der Waals surface area contributed by atoms with Crippen LogP contribution in [0.3, 0.4) is 0 Å². The topological polar surface area (TPSA) is 43.8 Å². The van der Waals surface area contributed by atoms with Crippen LogP contribution < -0.4 is 5.73 Å². The first-order chi connectivity index (χ1) is 8.36. The van der Waals surface area contributed by atoms with Crippen molar-refractivity contribution in [3.63, 3.8) is 0 Å². The number of nitrogen functional groups attached to an aromatic ring is 1. The Morgan fingerprint density at radius 1 is 1.28 bits per heavy atom. The SMILES string of the molecule is Cc1cccc(Cn2cc(N)c(C(C)(C)C)n2)c1. The Kier molecular flexibility index (Phi) is 3.16. The van der Waals surface area contributed by atoms with Gasteiger partial charge in [0.1, 0.15) is 0 Å². The summed E-state index contributed by atoms with van der Waals surface area (Å²) in [6.45, 7) is 9.25. The van der Waals surface area contributed by atoms with Gasteiger partial charge in [-0.15, -0.1) is 0 Å². The highest BCUT2D eigenvalue weighted by Gasteiger charge is 2.20. The molecule has 0 bridgehead atoms. The number of anilines is 1. The molecule has 18 heavy (non-hydrogen) atoms. The van der Waals surface area contributed by atoms with Crippen molar-refractivity contribution in [2.45, 2.75) is 39.7 Å². The number of nitrogens with zero attached hydrogens (tertiary/aromatic N) is 2. The number of nitrogens with two attached hydrogens (primary N) is 1. The lowest BCUT2D eigenvalue weighted by Crippen LogP contribution is -2.14. The summed E-state index contributed by atoms with van der Waals surface area (Å²) in [4.78, 5) is 0. The molecule has 96 valence electrons. The second-order valence-electron chi connectivity index (χ2n) is 5.87. The first-order valence-electron chi connectivity index (χ1n) is 6.25. The molecule has 0 atom stereocenters. The monoisotopic (exact) mass is 243 g/mol. The van der Waals surface area contributed by atoms with E-state index in [9.17, 15) is 0 Å². The number of hydrogen-bond donors (Lipinski definition) is 1. The lowest BCUT2D eigenvalue weighted by Gasteiger charge is -2.15. The largest absolute Gasteiger partial charge is 0.396 e. The molecule has 0 unspecified atom stereocenters. The molecule has 2 N–H and O–H groups in total. The van der Waals surface area contributed by atoms with Crippen molar-refractivity contribution >= 4 is 5.69 Å². The molecule has 0 aliphatic rings. The Hall–Kier alpha value is -1.77. The predicted molar refractivity (Wildman–Crippen MR) is 75.6 cm³/mol. The van der Waals surface area contributed by atoms with Crippen LogP contribution in [0.25, 0.3) is 0 Å². The van der Waals surface area contributed by atoms with Crippen LogP contribution in [0.2, 0.25) is 0 Å². The van der Waals surface area contributed by atoms with E-state index in [4.69, 9.17) is 5.73 Å². The van der Waals surface area contributed by atoms with Crippen LogP contribution in [0.1, 0.15) is 37.6 Å². The van der Waals surface area contributed by atoms with Gasteiger partial charge < -0.3 is 5.73 Å². The molecular formula is C15H21N3. The smallest absolute Gasteiger partial charge is 0.0907 e. The highest BCUT2D eigenvalue weighted by molar-refractivity contribution is 5.44. The number of rotatable bonds is 2. The fraction of sp³-hybridized carbons (Fsp3) is 0.400. The zero-order valence-electron chi connectivity index (χ0n) is 11.6. The highest BCUT2D eigenvalue weighted by Crippen LogP contribution is 2.26. The molecule has 0 aliphatic carbocycles. The summed E-state index contributed by atoms with van der Waals surface area (Å²) in [7, 11) is 0. The van der Waals surface area contributed by atoms with Gasteiger partial charge >= 0.3 is 0 Å². The molecule has 0 amide bonds. The number of aryl methyl sites for hydroxylation is 1. The summed E-state index contributed by atoms with van der Waals surface area (Å²) in [5, 5.41) is 4.60. The van der Waals surface area contributed by atoms with Crippen molar-refractivity contribution in [1.82, 2.24) is 9.78 Å². The normalized spacial score (nSPS) is 11.8. The fourth-order valence-corrected chi connectivity index (χ4v) is 2.10. The van der Waals surface area contributed by atoms with E-state index in [0.717, 1.165) is 17.9 Å². The molecule has 0 saturated heterocycles. The van der Waals surface area contributed by atoms with E-state index in [-0.39, 0.29) is 5.41 Å². The Morgan fingerprint density at radius 3 is 2.56 bits per heavy atom. The van der Waals surface area contributed by atoms with Crippen LogP contribution in [0.4, 0.5) is 5.69 Å². The van der Waals surface area contributed by atoms with Gasteiger partial charge in [-0.2, -0.15) is 5.10 Å². The predicted octanol–water partition coefficient (Wildman–Crippen LogP) is 3.12. The standard InChI is InChI=1S/C15H21N3/c1-11-6-5-7-12(8-11)9-18-10-13(16)14(17-18)15(2,3)4/h5-8,10H,9,16H2,1-4H3. The van der Waals surface area contributed by atoms with Crippen molar-refractivity contribution in [2.75, 3.05) is 5.73 Å². The minimum absolute atomic E-state index is 0.0120. The van der Waals surface area contributed by atoms with Gasteiger partial charge in [-0.25, -0.2) is 0 Å². The van der Waals surface area contributed by atoms with Crippen LogP contribution in [-0.4, -0.2) is 9.78 Å². The van der Waals surface area contributed by atoms with Gasteiger partial charge in [-0.1, -0.05) is 50.6 Å². The van der Waals surface area contributed by atoms with Crippen molar-refractivity contribution in [2.24, 2.45) is 0 Å². The van der Waals surface area contributed by atoms with Gasteiger partial charge in [0.15, 0.2) is 0 Å². The molecular weight excluding hydrogens is 222 g/mol. The second-order valence-corrected chi connectivity index (χ2v) is 5.87. The lowest BCUT2D eigenvalue weighted by atomic mass is 9.92. The maximum absolute atomic E-state index is 6.03. The molecule has 3 nitrogen and oxygen atoms in total. The molecule has 1 aromatic carbocycles. The average molecular weight is 243 g/mol. The van der Waals surface area contributed by atoms with E-state index in [1.165, 1.54) is 11.1 Å². The molecule has 0 fully saturated rings. The first-order valence-corrected chi connectivity index (χ1v) is 6.25. The van der Waals surface area contributed by atoms with Gasteiger partial charge in [-0.05, 0) is 12.5 Å². The minimum atomic E-state index is -0.0120. The van der Waals surface area contributed by atoms with E-state index in [0.29, 0.717) is 0 Å². The van der Waals surface area contributed by atoms with Crippen LogP contribution in [-0.2, 0) is 12.0 Å². The summed E-state index contributed by atoms with van der Waals surface area (Å²) in [5.74, 6) is 0. The number of benzene rings is 1. The van der Waals surface area contributed by atoms with E-state index in [1.807, 2.05) is 10.9 Å². The lowest BCUT2D eigenvalue weighted by molar-refractivity contribution is 0.546. The molecule has 1 heterocycles. The van der Waals surface area contributed by atoms with E-state index >= 15 is 0 Å². The summed E-state index contributed by atoms with van der Waals surface area (Å²) in [6.07, 6.45) is 1.92. The third-order valence-electron chi connectivity index (χ3n) is 2.93. The van der Waals surface area contributed by atoms with Gasteiger partial charge in [0.2, 0.25) is 0 Å². The Labute approximate surface area is 109 Å². The van der Waals surface area contributed by atoms with Crippen molar-refractivity contribution < 1.29 is 0 Å². The van der Waals surface area contributed by atoms with E-state index < -0.39 is 0 Å². The summed E-state index contributed by atoms with van der Waals surface area (Å²) >= 11 is 0. The van der Waals surface area contributed by atoms with Gasteiger partial charge in [0, 0.05) is 11.6 Å². The summed E-state index contributed by atoms with van der Waals surface area (Å²) in [6, 6.07) is 8.46. The zero-order chi connectivity index (χ0) is 13.3. The Balaban J connectivity index is 2.26. The first kappa shape index (κ1) is 12.7. The van der Waals surface area contributed by atoms with E-state index in [1.54, 1.807) is 0 Å². The minimum Gasteiger partial charge on any atom is -0.396 e. The summed E-state index contributed by atoms with van der Waals surface area (Å²) < 4.78 is 1.92. The highest BCUT2D eigenvalue weighted by atomic mass is 15.3. The molecule has 0 aliphatic heterocycles. The molecule has 0 radical (unpaired) electrons.